The number of nitrogens with one attached hydrogen (secondary N) is 3. The van der Waals surface area contributed by atoms with E-state index < -0.39 is 23.8 Å². The van der Waals surface area contributed by atoms with Gasteiger partial charge in [0.15, 0.2) is 0 Å². The van der Waals surface area contributed by atoms with E-state index in [1.807, 2.05) is 0 Å². The number of carbonyl (C=O) groups is 4. The minimum absolute atomic E-state index is 0.185. The van der Waals surface area contributed by atoms with Crippen molar-refractivity contribution in [2.24, 2.45) is 0 Å². The molecule has 0 aromatic heterocycles. The Morgan fingerprint density at radius 2 is 1.55 bits per heavy atom. The summed E-state index contributed by atoms with van der Waals surface area (Å²) < 4.78 is 14.6. The van der Waals surface area contributed by atoms with Crippen molar-refractivity contribution in [2.75, 3.05) is 26.2 Å². The van der Waals surface area contributed by atoms with E-state index in [0.29, 0.717) is 5.56 Å². The molecular formula is C19H27N3O7. The predicted molar refractivity (Wildman–Crippen MR) is 104 cm³/mol. The highest BCUT2D eigenvalue weighted by molar-refractivity contribution is 5.94. The molecule has 0 aliphatic rings. The number of ether oxygens (including phenoxy) is 3. The van der Waals surface area contributed by atoms with Gasteiger partial charge in [-0.1, -0.05) is 0 Å². The van der Waals surface area contributed by atoms with Gasteiger partial charge in [-0.05, 0) is 52.0 Å². The first-order valence-corrected chi connectivity index (χ1v) is 9.07. The topological polar surface area (TPSA) is 132 Å². The van der Waals surface area contributed by atoms with Crippen LogP contribution in [0.1, 0.15) is 38.1 Å². The molecule has 3 amide bonds. The van der Waals surface area contributed by atoms with Gasteiger partial charge in [0.05, 0.1) is 13.2 Å². The maximum Gasteiger partial charge on any atom is 0.513 e. The molecule has 29 heavy (non-hydrogen) atoms. The summed E-state index contributed by atoms with van der Waals surface area (Å²) in [5.74, 6) is -0.510. The summed E-state index contributed by atoms with van der Waals surface area (Å²) in [6.07, 6.45) is -1.50. The first kappa shape index (κ1) is 23.7. The number of alkyl carbamates (subject to hydrolysis) is 1. The highest BCUT2D eigenvalue weighted by Gasteiger charge is 2.16. The number of amides is 3. The predicted octanol–water partition coefficient (Wildman–Crippen LogP) is 1.59. The average molecular weight is 409 g/mol. The fraction of sp³-hybridized carbons (Fsp3) is 0.474. The molecule has 0 radical (unpaired) electrons. The smallest absolute Gasteiger partial charge is 0.444 e. The summed E-state index contributed by atoms with van der Waals surface area (Å²) in [6.45, 7) is 7.16. The zero-order valence-electron chi connectivity index (χ0n) is 17.0. The van der Waals surface area contributed by atoms with Crippen molar-refractivity contribution in [3.05, 3.63) is 29.8 Å². The standard InChI is InChI=1S/C19H27N3O7/c1-5-27-18(26)28-14-8-6-13(7-9-14)16(24)21-11-10-20-15(23)12-22-17(25)29-19(2,3)4/h6-9H,5,10-12H2,1-4H3,(H,20,23)(H,21,24)(H,22,25). The highest BCUT2D eigenvalue weighted by Crippen LogP contribution is 2.13. The third-order valence-electron chi connectivity index (χ3n) is 3.10. The molecule has 3 N–H and O–H groups in total. The maximum absolute atomic E-state index is 12.0. The van der Waals surface area contributed by atoms with Crippen LogP contribution in [-0.2, 0) is 14.3 Å². The number of hydrogen-bond donors (Lipinski definition) is 3. The molecule has 0 saturated carbocycles. The van der Waals surface area contributed by atoms with Gasteiger partial charge in [-0.15, -0.1) is 0 Å². The van der Waals surface area contributed by atoms with Gasteiger partial charge in [-0.3, -0.25) is 9.59 Å². The quantitative estimate of drug-likeness (QED) is 0.337. The summed E-state index contributed by atoms with van der Waals surface area (Å²) in [6, 6.07) is 5.92. The molecule has 0 aliphatic heterocycles. The van der Waals surface area contributed by atoms with E-state index in [0.717, 1.165) is 0 Å². The van der Waals surface area contributed by atoms with Gasteiger partial charge in [0.2, 0.25) is 5.91 Å². The molecule has 0 fully saturated rings. The van der Waals surface area contributed by atoms with E-state index in [9.17, 15) is 19.2 Å². The van der Waals surface area contributed by atoms with E-state index >= 15 is 0 Å². The van der Waals surface area contributed by atoms with E-state index in [4.69, 9.17) is 9.47 Å². The molecule has 1 aromatic carbocycles. The van der Waals surface area contributed by atoms with E-state index in [-0.39, 0.29) is 37.9 Å². The first-order chi connectivity index (χ1) is 13.6. The van der Waals surface area contributed by atoms with Gasteiger partial charge in [-0.2, -0.15) is 0 Å². The van der Waals surface area contributed by atoms with Crippen molar-refractivity contribution in [1.29, 1.82) is 0 Å². The lowest BCUT2D eigenvalue weighted by atomic mass is 10.2. The van der Waals surface area contributed by atoms with Crippen LogP contribution in [0.5, 0.6) is 5.75 Å². The number of hydrogen-bond acceptors (Lipinski definition) is 7. The lowest BCUT2D eigenvalue weighted by Crippen LogP contribution is -2.42. The van der Waals surface area contributed by atoms with Gasteiger partial charge in [0, 0.05) is 18.7 Å². The van der Waals surface area contributed by atoms with Crippen LogP contribution in [0.15, 0.2) is 24.3 Å². The normalized spacial score (nSPS) is 10.5. The third-order valence-corrected chi connectivity index (χ3v) is 3.10. The second kappa shape index (κ2) is 11.5. The second-order valence-corrected chi connectivity index (χ2v) is 6.77. The summed E-state index contributed by atoms with van der Waals surface area (Å²) in [5.41, 5.74) is -0.285. The summed E-state index contributed by atoms with van der Waals surface area (Å²) >= 11 is 0. The molecule has 0 saturated heterocycles. The van der Waals surface area contributed by atoms with Crippen molar-refractivity contribution in [1.82, 2.24) is 16.0 Å². The molecule has 0 aliphatic carbocycles. The van der Waals surface area contributed by atoms with E-state index in [1.165, 1.54) is 24.3 Å². The van der Waals surface area contributed by atoms with Gasteiger partial charge >= 0.3 is 12.2 Å². The molecule has 0 heterocycles. The first-order valence-electron chi connectivity index (χ1n) is 9.07. The fourth-order valence-electron chi connectivity index (χ4n) is 1.93. The number of benzene rings is 1. The largest absolute Gasteiger partial charge is 0.513 e. The van der Waals surface area contributed by atoms with Crippen LogP contribution in [0.3, 0.4) is 0 Å². The zero-order chi connectivity index (χ0) is 21.9. The summed E-state index contributed by atoms with van der Waals surface area (Å²) in [4.78, 5) is 46.4. The lowest BCUT2D eigenvalue weighted by Gasteiger charge is -2.19. The lowest BCUT2D eigenvalue weighted by molar-refractivity contribution is -0.120. The molecule has 1 rings (SSSR count). The SMILES string of the molecule is CCOC(=O)Oc1ccc(C(=O)NCCNC(=O)CNC(=O)OC(C)(C)C)cc1. The molecular weight excluding hydrogens is 382 g/mol. The molecule has 10 heteroatoms. The van der Waals surface area contributed by atoms with Crippen LogP contribution in [0, 0.1) is 0 Å². The van der Waals surface area contributed by atoms with Gasteiger partial charge < -0.3 is 30.2 Å². The Morgan fingerprint density at radius 1 is 0.931 bits per heavy atom. The van der Waals surface area contributed by atoms with Crippen LogP contribution in [0.25, 0.3) is 0 Å². The fourth-order valence-corrected chi connectivity index (χ4v) is 1.93. The Hall–Kier alpha value is -3.30. The molecule has 160 valence electrons. The molecule has 10 nitrogen and oxygen atoms in total. The Labute approximate surface area is 169 Å². The van der Waals surface area contributed by atoms with Crippen LogP contribution < -0.4 is 20.7 Å². The molecule has 0 bridgehead atoms. The maximum atomic E-state index is 12.0. The van der Waals surface area contributed by atoms with Gasteiger partial charge in [-0.25, -0.2) is 9.59 Å². The third kappa shape index (κ3) is 10.6. The second-order valence-electron chi connectivity index (χ2n) is 6.77. The minimum atomic E-state index is -0.818. The minimum Gasteiger partial charge on any atom is -0.444 e. The van der Waals surface area contributed by atoms with Crippen LogP contribution in [0.2, 0.25) is 0 Å². The van der Waals surface area contributed by atoms with Crippen LogP contribution in [0.4, 0.5) is 9.59 Å². The van der Waals surface area contributed by atoms with Gasteiger partial charge in [0.25, 0.3) is 5.91 Å². The molecule has 0 unspecified atom stereocenters. The van der Waals surface area contributed by atoms with Gasteiger partial charge in [0.1, 0.15) is 11.4 Å². The van der Waals surface area contributed by atoms with Crippen molar-refractivity contribution in [2.45, 2.75) is 33.3 Å². The Morgan fingerprint density at radius 3 is 2.14 bits per heavy atom. The van der Waals surface area contributed by atoms with Crippen LogP contribution >= 0.6 is 0 Å². The Kier molecular flexibility index (Phi) is 9.43. The summed E-state index contributed by atoms with van der Waals surface area (Å²) in [5, 5.41) is 7.52. The highest BCUT2D eigenvalue weighted by atomic mass is 16.7. The number of carbonyl (C=O) groups excluding carboxylic acids is 4. The van der Waals surface area contributed by atoms with Crippen LogP contribution in [-0.4, -0.2) is 55.9 Å². The van der Waals surface area contributed by atoms with Crippen molar-refractivity contribution < 1.29 is 33.4 Å². The average Bonchev–Trinajstić information content (AvgIpc) is 2.63. The van der Waals surface area contributed by atoms with Crippen molar-refractivity contribution in [3.8, 4) is 5.75 Å². The monoisotopic (exact) mass is 409 g/mol. The molecule has 0 atom stereocenters. The zero-order valence-corrected chi connectivity index (χ0v) is 17.0. The van der Waals surface area contributed by atoms with Crippen molar-refractivity contribution in [3.63, 3.8) is 0 Å². The Bertz CT molecular complexity index is 712. The Balaban J connectivity index is 2.27. The summed E-state index contributed by atoms with van der Waals surface area (Å²) in [7, 11) is 0. The van der Waals surface area contributed by atoms with E-state index in [2.05, 4.69) is 20.7 Å². The number of rotatable bonds is 8. The van der Waals surface area contributed by atoms with E-state index in [1.54, 1.807) is 27.7 Å². The molecule has 1 aromatic rings. The van der Waals surface area contributed by atoms with Crippen molar-refractivity contribution >= 4 is 24.1 Å². The molecule has 0 spiro atoms.